The number of carbonyl (C=O) groups is 1. The molecule has 2 rings (SSSR count). The normalized spacial score (nSPS) is 17.3. The Kier molecular flexibility index (Phi) is 3.41. The number of nitrogens with zero attached hydrogens (tertiary/aromatic N) is 1. The van der Waals surface area contributed by atoms with Gasteiger partial charge in [-0.15, -0.1) is 0 Å². The molecule has 1 aromatic carbocycles. The van der Waals surface area contributed by atoms with Gasteiger partial charge in [-0.25, -0.2) is 4.79 Å². The maximum absolute atomic E-state index is 11.3. The van der Waals surface area contributed by atoms with Crippen LogP contribution in [0.15, 0.2) is 30.3 Å². The van der Waals surface area contributed by atoms with Gasteiger partial charge in [-0.2, -0.15) is 0 Å². The number of rotatable bonds is 4. The van der Waals surface area contributed by atoms with E-state index in [0.29, 0.717) is 0 Å². The first kappa shape index (κ1) is 11.0. The zero-order valence-electron chi connectivity index (χ0n) is 9.23. The molecule has 1 aliphatic rings. The summed E-state index contributed by atoms with van der Waals surface area (Å²) >= 11 is 0. The van der Waals surface area contributed by atoms with Crippen molar-refractivity contribution in [1.82, 2.24) is 10.2 Å². The van der Waals surface area contributed by atoms with Crippen molar-refractivity contribution < 1.29 is 4.79 Å². The molecule has 1 aliphatic heterocycles. The molecule has 86 valence electrons. The molecule has 0 bridgehead atoms. The molecular formula is C12H17N3O. The van der Waals surface area contributed by atoms with Crippen molar-refractivity contribution in [2.75, 3.05) is 19.6 Å². The molecule has 3 N–H and O–H groups in total. The minimum atomic E-state index is 0.00889. The molecule has 2 amide bonds. The molecule has 0 aromatic heterocycles. The minimum absolute atomic E-state index is 0.00889. The summed E-state index contributed by atoms with van der Waals surface area (Å²) in [5.74, 6) is 0. The van der Waals surface area contributed by atoms with Crippen LogP contribution in [-0.4, -0.2) is 30.6 Å². The fraction of sp³-hybridized carbons (Fsp3) is 0.417. The maximum Gasteiger partial charge on any atom is 0.317 e. The molecule has 0 spiro atoms. The molecule has 1 fully saturated rings. The Morgan fingerprint density at radius 2 is 2.12 bits per heavy atom. The van der Waals surface area contributed by atoms with Crippen LogP contribution in [0.4, 0.5) is 4.79 Å². The Hall–Kier alpha value is -1.55. The number of benzene rings is 1. The Balaban J connectivity index is 1.84. The average molecular weight is 219 g/mol. The Morgan fingerprint density at radius 3 is 2.75 bits per heavy atom. The zero-order valence-corrected chi connectivity index (χ0v) is 9.23. The first-order valence-electron chi connectivity index (χ1n) is 5.60. The fourth-order valence-corrected chi connectivity index (χ4v) is 1.89. The van der Waals surface area contributed by atoms with Crippen LogP contribution < -0.4 is 11.1 Å². The summed E-state index contributed by atoms with van der Waals surface area (Å²) in [7, 11) is 0. The van der Waals surface area contributed by atoms with Crippen molar-refractivity contribution >= 4 is 6.03 Å². The number of hydrogen-bond donors (Lipinski definition) is 2. The smallest absolute Gasteiger partial charge is 0.317 e. The molecule has 16 heavy (non-hydrogen) atoms. The van der Waals surface area contributed by atoms with E-state index >= 15 is 0 Å². The molecule has 1 atom stereocenters. The average Bonchev–Trinajstić information content (AvgIpc) is 2.73. The Morgan fingerprint density at radius 1 is 1.38 bits per heavy atom. The molecule has 1 heterocycles. The molecule has 1 unspecified atom stereocenters. The van der Waals surface area contributed by atoms with Crippen molar-refractivity contribution in [1.29, 1.82) is 0 Å². The van der Waals surface area contributed by atoms with Gasteiger partial charge in [0, 0.05) is 25.7 Å². The molecule has 1 aromatic rings. The molecule has 4 nitrogen and oxygen atoms in total. The van der Waals surface area contributed by atoms with E-state index in [0.717, 1.165) is 31.6 Å². The molecule has 0 aliphatic carbocycles. The van der Waals surface area contributed by atoms with Crippen molar-refractivity contribution in [2.24, 2.45) is 5.73 Å². The van der Waals surface area contributed by atoms with Gasteiger partial charge in [0.25, 0.3) is 0 Å². The highest BCUT2D eigenvalue weighted by Gasteiger charge is 2.19. The second-order valence-corrected chi connectivity index (χ2v) is 4.02. The predicted octanol–water partition coefficient (Wildman–Crippen LogP) is 1.10. The van der Waals surface area contributed by atoms with Crippen LogP contribution in [0.25, 0.3) is 0 Å². The van der Waals surface area contributed by atoms with Gasteiger partial charge in [0.1, 0.15) is 0 Å². The van der Waals surface area contributed by atoms with Gasteiger partial charge in [0.05, 0.1) is 0 Å². The van der Waals surface area contributed by atoms with E-state index in [1.807, 2.05) is 35.2 Å². The summed E-state index contributed by atoms with van der Waals surface area (Å²) in [4.78, 5) is 13.1. The molecule has 4 heteroatoms. The monoisotopic (exact) mass is 219 g/mol. The lowest BCUT2D eigenvalue weighted by Crippen LogP contribution is -2.30. The van der Waals surface area contributed by atoms with Crippen LogP contribution in [-0.2, 0) is 0 Å². The fourth-order valence-electron chi connectivity index (χ4n) is 1.89. The van der Waals surface area contributed by atoms with Crippen molar-refractivity contribution in [2.45, 2.75) is 12.5 Å². The lowest BCUT2D eigenvalue weighted by atomic mass is 10.0. The zero-order chi connectivity index (χ0) is 11.4. The predicted molar refractivity (Wildman–Crippen MR) is 63.0 cm³/mol. The second-order valence-electron chi connectivity index (χ2n) is 4.02. The summed E-state index contributed by atoms with van der Waals surface area (Å²) < 4.78 is 0. The quantitative estimate of drug-likeness (QED) is 0.796. The maximum atomic E-state index is 11.3. The van der Waals surface area contributed by atoms with Crippen LogP contribution in [0.3, 0.4) is 0 Å². The SMILES string of the molecule is NC(CCN1CCNC1=O)c1ccccc1. The van der Waals surface area contributed by atoms with Crippen LogP contribution in [0, 0.1) is 0 Å². The number of urea groups is 1. The summed E-state index contributed by atoms with van der Waals surface area (Å²) in [5, 5.41) is 2.78. The third kappa shape index (κ3) is 2.52. The summed E-state index contributed by atoms with van der Waals surface area (Å²) in [6.07, 6.45) is 0.803. The number of carbonyl (C=O) groups excluding carboxylic acids is 1. The van der Waals surface area contributed by atoms with E-state index in [2.05, 4.69) is 5.32 Å². The first-order valence-corrected chi connectivity index (χ1v) is 5.60. The Bertz CT molecular complexity index is 353. The third-order valence-electron chi connectivity index (χ3n) is 2.88. The van der Waals surface area contributed by atoms with Crippen molar-refractivity contribution in [3.8, 4) is 0 Å². The largest absolute Gasteiger partial charge is 0.336 e. The van der Waals surface area contributed by atoms with Crippen LogP contribution in [0.5, 0.6) is 0 Å². The van der Waals surface area contributed by atoms with Crippen LogP contribution >= 0.6 is 0 Å². The van der Waals surface area contributed by atoms with Gasteiger partial charge in [0.2, 0.25) is 0 Å². The van der Waals surface area contributed by atoms with E-state index in [1.165, 1.54) is 0 Å². The summed E-state index contributed by atoms with van der Waals surface area (Å²) in [5.41, 5.74) is 7.19. The van der Waals surface area contributed by atoms with Crippen molar-refractivity contribution in [3.05, 3.63) is 35.9 Å². The van der Waals surface area contributed by atoms with Gasteiger partial charge in [-0.3, -0.25) is 0 Å². The molecule has 0 radical (unpaired) electrons. The highest BCUT2D eigenvalue weighted by molar-refractivity contribution is 5.76. The van der Waals surface area contributed by atoms with E-state index in [-0.39, 0.29) is 12.1 Å². The number of hydrogen-bond acceptors (Lipinski definition) is 2. The van der Waals surface area contributed by atoms with Crippen LogP contribution in [0.1, 0.15) is 18.0 Å². The van der Waals surface area contributed by atoms with Gasteiger partial charge in [-0.05, 0) is 12.0 Å². The lowest BCUT2D eigenvalue weighted by Gasteiger charge is -2.17. The lowest BCUT2D eigenvalue weighted by molar-refractivity contribution is 0.216. The summed E-state index contributed by atoms with van der Waals surface area (Å²) in [6.45, 7) is 2.27. The van der Waals surface area contributed by atoms with E-state index in [4.69, 9.17) is 5.73 Å². The van der Waals surface area contributed by atoms with E-state index < -0.39 is 0 Å². The molecular weight excluding hydrogens is 202 g/mol. The number of amides is 2. The van der Waals surface area contributed by atoms with E-state index in [1.54, 1.807) is 0 Å². The van der Waals surface area contributed by atoms with E-state index in [9.17, 15) is 4.79 Å². The molecule has 0 saturated carbocycles. The summed E-state index contributed by atoms with van der Waals surface area (Å²) in [6, 6.07) is 10.0. The highest BCUT2D eigenvalue weighted by Crippen LogP contribution is 2.14. The molecule has 1 saturated heterocycles. The number of nitrogens with one attached hydrogen (secondary N) is 1. The standard InChI is InChI=1S/C12H17N3O/c13-11(10-4-2-1-3-5-10)6-8-15-9-7-14-12(15)16/h1-5,11H,6-9,13H2,(H,14,16). The topological polar surface area (TPSA) is 58.4 Å². The Labute approximate surface area is 95.4 Å². The van der Waals surface area contributed by atoms with Gasteiger partial charge in [0.15, 0.2) is 0 Å². The minimum Gasteiger partial charge on any atom is -0.336 e. The second kappa shape index (κ2) is 4.99. The number of nitrogens with two attached hydrogens (primary N) is 1. The van der Waals surface area contributed by atoms with Gasteiger partial charge < -0.3 is 16.0 Å². The van der Waals surface area contributed by atoms with Gasteiger partial charge in [-0.1, -0.05) is 30.3 Å². The third-order valence-corrected chi connectivity index (χ3v) is 2.88. The first-order chi connectivity index (χ1) is 7.77. The van der Waals surface area contributed by atoms with Crippen LogP contribution in [0.2, 0.25) is 0 Å². The van der Waals surface area contributed by atoms with Gasteiger partial charge >= 0.3 is 6.03 Å². The highest BCUT2D eigenvalue weighted by atomic mass is 16.2. The van der Waals surface area contributed by atoms with Crippen molar-refractivity contribution in [3.63, 3.8) is 0 Å².